The van der Waals surface area contributed by atoms with Gasteiger partial charge in [-0.25, -0.2) is 0 Å². The predicted octanol–water partition coefficient (Wildman–Crippen LogP) is 4.05. The highest BCUT2D eigenvalue weighted by molar-refractivity contribution is 9.10. The molecule has 0 spiro atoms. The minimum absolute atomic E-state index is 0. The highest BCUT2D eigenvalue weighted by Crippen LogP contribution is 2.35. The molecule has 1 aliphatic heterocycles. The third kappa shape index (κ3) is 4.37. The highest BCUT2D eigenvalue weighted by atomic mass is 79.9. The number of phenolic OH excluding ortho intramolecular Hbond substituents is 1. The van der Waals surface area contributed by atoms with Gasteiger partial charge in [-0.1, -0.05) is 12.1 Å². The third-order valence-electron chi connectivity index (χ3n) is 3.62. The fourth-order valence-corrected chi connectivity index (χ4v) is 3.92. The van der Waals surface area contributed by atoms with Gasteiger partial charge in [0, 0.05) is 31.1 Å². The number of benzene rings is 1. The van der Waals surface area contributed by atoms with Gasteiger partial charge in [0.15, 0.2) is 0 Å². The zero-order chi connectivity index (χ0) is 13.9. The fraction of sp³-hybridized carbons (Fsp3) is 0.333. The molecule has 3 nitrogen and oxygen atoms in total. The van der Waals surface area contributed by atoms with Crippen LogP contribution < -0.4 is 5.32 Å². The molecule has 0 amide bonds. The van der Waals surface area contributed by atoms with E-state index in [4.69, 9.17) is 0 Å². The zero-order valence-corrected chi connectivity index (χ0v) is 15.9. The SMILES string of the molecule is Cl.Cl.Oc1ccc([C@@H](c2cccs2)N2CCNCC2)cc1Br. The Morgan fingerprint density at radius 1 is 1.18 bits per heavy atom. The predicted molar refractivity (Wildman–Crippen MR) is 101 cm³/mol. The smallest absolute Gasteiger partial charge is 0.129 e. The number of phenols is 1. The molecule has 22 heavy (non-hydrogen) atoms. The Kier molecular flexibility index (Phi) is 8.17. The Bertz CT molecular complexity index is 577. The Morgan fingerprint density at radius 3 is 2.50 bits per heavy atom. The Morgan fingerprint density at radius 2 is 1.91 bits per heavy atom. The Balaban J connectivity index is 0.00000121. The molecule has 0 aliphatic carbocycles. The summed E-state index contributed by atoms with van der Waals surface area (Å²) < 4.78 is 0.756. The number of hydrogen-bond donors (Lipinski definition) is 2. The van der Waals surface area contributed by atoms with E-state index in [1.54, 1.807) is 17.4 Å². The van der Waals surface area contributed by atoms with E-state index in [1.165, 1.54) is 10.4 Å². The van der Waals surface area contributed by atoms with Crippen molar-refractivity contribution in [3.63, 3.8) is 0 Å². The van der Waals surface area contributed by atoms with E-state index in [9.17, 15) is 5.11 Å². The maximum absolute atomic E-state index is 9.70. The molecule has 0 unspecified atom stereocenters. The van der Waals surface area contributed by atoms with E-state index >= 15 is 0 Å². The quantitative estimate of drug-likeness (QED) is 0.778. The summed E-state index contributed by atoms with van der Waals surface area (Å²) in [5.74, 6) is 0.291. The molecule has 1 aromatic carbocycles. The number of nitrogens with one attached hydrogen (secondary N) is 1. The average molecular weight is 426 g/mol. The van der Waals surface area contributed by atoms with Gasteiger partial charge in [0.1, 0.15) is 5.75 Å². The summed E-state index contributed by atoms with van der Waals surface area (Å²) in [6.45, 7) is 4.14. The molecule has 0 bridgehead atoms. The van der Waals surface area contributed by atoms with E-state index in [1.807, 2.05) is 12.1 Å². The van der Waals surface area contributed by atoms with Gasteiger partial charge in [0.05, 0.1) is 10.5 Å². The number of thiophene rings is 1. The van der Waals surface area contributed by atoms with Crippen molar-refractivity contribution in [1.29, 1.82) is 0 Å². The number of hydrogen-bond acceptors (Lipinski definition) is 4. The van der Waals surface area contributed by atoms with Crippen molar-refractivity contribution in [2.24, 2.45) is 0 Å². The van der Waals surface area contributed by atoms with Crippen LogP contribution in [-0.4, -0.2) is 36.2 Å². The minimum Gasteiger partial charge on any atom is -0.507 e. The number of piperazine rings is 1. The van der Waals surface area contributed by atoms with E-state index in [0.29, 0.717) is 5.75 Å². The fourth-order valence-electron chi connectivity index (χ4n) is 2.64. The lowest BCUT2D eigenvalue weighted by atomic mass is 10.0. The number of rotatable bonds is 3. The molecule has 2 N–H and O–H groups in total. The summed E-state index contributed by atoms with van der Waals surface area (Å²) >= 11 is 5.21. The van der Waals surface area contributed by atoms with Crippen molar-refractivity contribution in [1.82, 2.24) is 10.2 Å². The molecule has 0 saturated carbocycles. The largest absolute Gasteiger partial charge is 0.507 e. The lowest BCUT2D eigenvalue weighted by molar-refractivity contribution is 0.200. The maximum Gasteiger partial charge on any atom is 0.129 e. The van der Waals surface area contributed by atoms with E-state index in [-0.39, 0.29) is 30.9 Å². The first-order valence-corrected chi connectivity index (χ1v) is 8.39. The van der Waals surface area contributed by atoms with Gasteiger partial charge in [-0.3, -0.25) is 4.90 Å². The van der Waals surface area contributed by atoms with E-state index in [0.717, 1.165) is 30.7 Å². The van der Waals surface area contributed by atoms with E-state index in [2.05, 4.69) is 43.7 Å². The van der Waals surface area contributed by atoms with Crippen LogP contribution in [-0.2, 0) is 0 Å². The molecular weight excluding hydrogens is 407 g/mol. The zero-order valence-electron chi connectivity index (χ0n) is 11.9. The number of nitrogens with zero attached hydrogens (tertiary/aromatic N) is 1. The molecule has 0 radical (unpaired) electrons. The summed E-state index contributed by atoms with van der Waals surface area (Å²) in [6, 6.07) is 10.4. The second kappa shape index (κ2) is 9.11. The van der Waals surface area contributed by atoms with Crippen molar-refractivity contribution >= 4 is 52.1 Å². The molecular formula is C15H19BrCl2N2OS. The van der Waals surface area contributed by atoms with Crippen molar-refractivity contribution in [3.8, 4) is 5.75 Å². The van der Waals surface area contributed by atoms with Crippen molar-refractivity contribution in [2.45, 2.75) is 6.04 Å². The topological polar surface area (TPSA) is 35.5 Å². The van der Waals surface area contributed by atoms with Crippen molar-refractivity contribution in [3.05, 3.63) is 50.6 Å². The normalized spacial score (nSPS) is 16.4. The van der Waals surface area contributed by atoms with Crippen LogP contribution >= 0.6 is 52.1 Å². The molecule has 1 atom stereocenters. The lowest BCUT2D eigenvalue weighted by Crippen LogP contribution is -2.45. The van der Waals surface area contributed by atoms with Gasteiger partial charge in [-0.15, -0.1) is 36.2 Å². The van der Waals surface area contributed by atoms with Crippen LogP contribution in [0.2, 0.25) is 0 Å². The monoisotopic (exact) mass is 424 g/mol. The van der Waals surface area contributed by atoms with Crippen LogP contribution in [0.25, 0.3) is 0 Å². The first kappa shape index (κ1) is 19.7. The van der Waals surface area contributed by atoms with Gasteiger partial charge in [-0.2, -0.15) is 0 Å². The molecule has 1 aromatic heterocycles. The molecule has 1 saturated heterocycles. The van der Waals surface area contributed by atoms with Crippen molar-refractivity contribution < 1.29 is 5.11 Å². The van der Waals surface area contributed by atoms with Gasteiger partial charge in [0.25, 0.3) is 0 Å². The summed E-state index contributed by atoms with van der Waals surface area (Å²) in [7, 11) is 0. The molecule has 2 heterocycles. The second-order valence-electron chi connectivity index (χ2n) is 4.91. The molecule has 1 aliphatic rings. The van der Waals surface area contributed by atoms with Crippen LogP contribution in [0, 0.1) is 0 Å². The van der Waals surface area contributed by atoms with Gasteiger partial charge in [-0.05, 0) is 45.1 Å². The molecule has 1 fully saturated rings. The summed E-state index contributed by atoms with van der Waals surface area (Å²) in [4.78, 5) is 3.85. The standard InChI is InChI=1S/C15H17BrN2OS.2ClH/c16-12-10-11(3-4-13(12)19)15(14-2-1-9-20-14)18-7-5-17-6-8-18;;/h1-4,9-10,15,17,19H,5-8H2;2*1H/t15-;;/m0../s1. The lowest BCUT2D eigenvalue weighted by Gasteiger charge is -2.34. The summed E-state index contributed by atoms with van der Waals surface area (Å²) in [5.41, 5.74) is 1.22. The van der Waals surface area contributed by atoms with Gasteiger partial charge >= 0.3 is 0 Å². The van der Waals surface area contributed by atoms with E-state index < -0.39 is 0 Å². The van der Waals surface area contributed by atoms with Crippen LogP contribution in [0.15, 0.2) is 40.2 Å². The third-order valence-corrected chi connectivity index (χ3v) is 5.18. The molecule has 2 aromatic rings. The number of halogens is 3. The molecule has 7 heteroatoms. The molecule has 122 valence electrons. The second-order valence-corrected chi connectivity index (χ2v) is 6.75. The van der Waals surface area contributed by atoms with Crippen LogP contribution in [0.1, 0.15) is 16.5 Å². The highest BCUT2D eigenvalue weighted by Gasteiger charge is 2.25. The first-order valence-electron chi connectivity index (χ1n) is 6.72. The number of aromatic hydroxyl groups is 1. The minimum atomic E-state index is 0. The Labute approximate surface area is 155 Å². The van der Waals surface area contributed by atoms with Gasteiger partial charge < -0.3 is 10.4 Å². The van der Waals surface area contributed by atoms with Crippen LogP contribution in [0.3, 0.4) is 0 Å². The van der Waals surface area contributed by atoms with Crippen LogP contribution in [0.5, 0.6) is 5.75 Å². The summed E-state index contributed by atoms with van der Waals surface area (Å²) in [5, 5.41) is 15.2. The first-order chi connectivity index (χ1) is 9.75. The van der Waals surface area contributed by atoms with Crippen LogP contribution in [0.4, 0.5) is 0 Å². The van der Waals surface area contributed by atoms with Gasteiger partial charge in [0.2, 0.25) is 0 Å². The average Bonchev–Trinajstić information content (AvgIpc) is 2.98. The van der Waals surface area contributed by atoms with Crippen molar-refractivity contribution in [2.75, 3.05) is 26.2 Å². The maximum atomic E-state index is 9.70. The molecule has 3 rings (SSSR count). The Hall–Kier alpha value is -0.300. The summed E-state index contributed by atoms with van der Waals surface area (Å²) in [6.07, 6.45) is 0.